The highest BCUT2D eigenvalue weighted by Crippen LogP contribution is 2.28. The van der Waals surface area contributed by atoms with Crippen LogP contribution in [0.5, 0.6) is 0 Å². The van der Waals surface area contributed by atoms with E-state index in [0.717, 1.165) is 0 Å². The van der Waals surface area contributed by atoms with E-state index in [1.807, 2.05) is 0 Å². The minimum absolute atomic E-state index is 0.186. The number of ether oxygens (including phenoxy) is 1. The molecule has 9 nitrogen and oxygen atoms in total. The van der Waals surface area contributed by atoms with Crippen LogP contribution in [0.1, 0.15) is 0 Å². The Hall–Kier alpha value is -1.88. The van der Waals surface area contributed by atoms with Gasteiger partial charge in [0.1, 0.15) is 23.5 Å². The maximum Gasteiger partial charge on any atom is 0.167 e. The van der Waals surface area contributed by atoms with E-state index in [1.165, 1.54) is 24.3 Å². The zero-order valence-electron chi connectivity index (χ0n) is 11.0. The van der Waals surface area contributed by atoms with Crippen molar-refractivity contribution in [3.63, 3.8) is 0 Å². The second-order valence-corrected chi connectivity index (χ2v) is 5.07. The zero-order valence-corrected chi connectivity index (χ0v) is 11.0. The van der Waals surface area contributed by atoms with Gasteiger partial charge in [0.05, 0.1) is 0 Å². The first-order valence-corrected chi connectivity index (χ1v) is 6.00. The second-order valence-electron chi connectivity index (χ2n) is 5.07. The normalized spacial score (nSPS) is 30.8. The third-order valence-corrected chi connectivity index (χ3v) is 3.24. The third kappa shape index (κ3) is 2.65. The molecule has 0 saturated heterocycles. The van der Waals surface area contributed by atoms with Gasteiger partial charge in [0.2, 0.25) is 0 Å². The van der Waals surface area contributed by atoms with Gasteiger partial charge in [-0.1, -0.05) is 0 Å². The van der Waals surface area contributed by atoms with E-state index >= 15 is 0 Å². The lowest BCUT2D eigenvalue weighted by Crippen LogP contribution is -2.59. The number of hydrogen-bond donors (Lipinski definition) is 8. The van der Waals surface area contributed by atoms with Gasteiger partial charge >= 0.3 is 0 Å². The van der Waals surface area contributed by atoms with Gasteiger partial charge < -0.3 is 48.1 Å². The molecule has 21 heavy (non-hydrogen) atoms. The zero-order chi connectivity index (χ0) is 16.0. The van der Waals surface area contributed by atoms with Crippen molar-refractivity contribution in [2.75, 3.05) is 0 Å². The van der Waals surface area contributed by atoms with Gasteiger partial charge in [0.15, 0.2) is 23.0 Å². The number of aliphatic hydroxyl groups excluding tert-OH is 4. The summed E-state index contributed by atoms with van der Waals surface area (Å²) >= 11 is 0. The lowest BCUT2D eigenvalue weighted by atomic mass is 9.96. The number of rotatable bonds is 2. The van der Waals surface area contributed by atoms with Crippen LogP contribution < -0.4 is 22.9 Å². The van der Waals surface area contributed by atoms with Crippen molar-refractivity contribution in [2.45, 2.75) is 23.5 Å². The lowest BCUT2D eigenvalue weighted by Gasteiger charge is -2.32. The van der Waals surface area contributed by atoms with Crippen molar-refractivity contribution in [3.8, 4) is 0 Å². The molecule has 9 heteroatoms. The van der Waals surface area contributed by atoms with Crippen LogP contribution in [-0.4, -0.2) is 44.0 Å². The largest absolute Gasteiger partial charge is 0.506 e. The summed E-state index contributed by atoms with van der Waals surface area (Å²) in [6.45, 7) is 0. The van der Waals surface area contributed by atoms with Crippen molar-refractivity contribution < 1.29 is 25.2 Å². The summed E-state index contributed by atoms with van der Waals surface area (Å²) in [6, 6.07) is 0. The lowest BCUT2D eigenvalue weighted by molar-refractivity contribution is 0.0741. The average molecular weight is 298 g/mol. The molecule has 116 valence electrons. The van der Waals surface area contributed by atoms with Crippen molar-refractivity contribution in [3.05, 3.63) is 47.3 Å². The number of allylic oxidation sites excluding steroid dienone is 2. The predicted molar refractivity (Wildman–Crippen MR) is 72.9 cm³/mol. The molecule has 2 atom stereocenters. The second kappa shape index (κ2) is 4.84. The molecule has 0 saturated carbocycles. The summed E-state index contributed by atoms with van der Waals surface area (Å²) in [4.78, 5) is 0. The van der Waals surface area contributed by atoms with Crippen LogP contribution in [0.15, 0.2) is 47.3 Å². The Kier molecular flexibility index (Phi) is 3.58. The number of nitrogens with two attached hydrogens (primary N) is 4. The van der Waals surface area contributed by atoms with Gasteiger partial charge in [-0.2, -0.15) is 0 Å². The maximum atomic E-state index is 9.81. The quantitative estimate of drug-likeness (QED) is 0.257. The van der Waals surface area contributed by atoms with E-state index in [2.05, 4.69) is 0 Å². The Morgan fingerprint density at radius 2 is 1.14 bits per heavy atom. The summed E-state index contributed by atoms with van der Waals surface area (Å²) in [6.07, 6.45) is 1.75. The summed E-state index contributed by atoms with van der Waals surface area (Å²) in [7, 11) is 0. The van der Waals surface area contributed by atoms with Crippen LogP contribution in [0.2, 0.25) is 0 Å². The molecule has 12 N–H and O–H groups in total. The highest BCUT2D eigenvalue weighted by atomic mass is 16.5. The van der Waals surface area contributed by atoms with Gasteiger partial charge in [-0.05, 0) is 24.3 Å². The molecule has 0 aliphatic heterocycles. The highest BCUT2D eigenvalue weighted by molar-refractivity contribution is 5.36. The molecule has 2 unspecified atom stereocenters. The summed E-state index contributed by atoms with van der Waals surface area (Å²) in [5.74, 6) is -1.59. The van der Waals surface area contributed by atoms with Gasteiger partial charge in [-0.3, -0.25) is 0 Å². The molecule has 2 aliphatic carbocycles. The molecule has 0 heterocycles. The van der Waals surface area contributed by atoms with E-state index in [0.29, 0.717) is 0 Å². The van der Waals surface area contributed by atoms with Crippen molar-refractivity contribution >= 4 is 0 Å². The van der Waals surface area contributed by atoms with Crippen LogP contribution in [0.25, 0.3) is 0 Å². The van der Waals surface area contributed by atoms with Gasteiger partial charge in [-0.15, -0.1) is 0 Å². The molecule has 0 amide bonds. The summed E-state index contributed by atoms with van der Waals surface area (Å²) in [5, 5.41) is 39.1. The molecule has 0 spiro atoms. The number of aliphatic hydroxyl groups is 4. The van der Waals surface area contributed by atoms with E-state index in [-0.39, 0.29) is 11.5 Å². The fourth-order valence-corrected chi connectivity index (χ4v) is 1.83. The topological polar surface area (TPSA) is 194 Å². The Morgan fingerprint density at radius 1 is 0.810 bits per heavy atom. The SMILES string of the molecule is NC1(N)C=CC(OC2=C(O)C(O)C(N)(N)C=C2)=C(O)C1O. The average Bonchev–Trinajstić information content (AvgIpc) is 2.40. The van der Waals surface area contributed by atoms with Gasteiger partial charge in [0.25, 0.3) is 0 Å². The Balaban J connectivity index is 2.28. The van der Waals surface area contributed by atoms with E-state index in [4.69, 9.17) is 27.7 Å². The molecule has 2 rings (SSSR count). The predicted octanol–water partition coefficient (Wildman–Crippen LogP) is -2.37. The summed E-state index contributed by atoms with van der Waals surface area (Å²) in [5.41, 5.74) is 18.9. The monoisotopic (exact) mass is 298 g/mol. The number of hydrogen-bond acceptors (Lipinski definition) is 9. The van der Waals surface area contributed by atoms with Crippen molar-refractivity contribution in [2.24, 2.45) is 22.9 Å². The van der Waals surface area contributed by atoms with Gasteiger partial charge in [-0.25, -0.2) is 0 Å². The molecular weight excluding hydrogens is 280 g/mol. The first-order valence-electron chi connectivity index (χ1n) is 6.00. The van der Waals surface area contributed by atoms with E-state index < -0.39 is 35.1 Å². The first kappa shape index (κ1) is 15.5. The molecule has 0 aromatic heterocycles. The van der Waals surface area contributed by atoms with Crippen LogP contribution >= 0.6 is 0 Å². The molecular formula is C12H18N4O5. The first-order chi connectivity index (χ1) is 9.56. The fraction of sp³-hybridized carbons (Fsp3) is 0.333. The molecule has 0 aromatic carbocycles. The Bertz CT molecular complexity index is 526. The standard InChI is InChI=1S/C12H18N4O5/c13-11(14)3-1-5(7(17)9(11)19)21-6-2-4-12(15,16)10(20)8(6)18/h1-4,9-10,17-20H,13-16H2. The minimum Gasteiger partial charge on any atom is -0.506 e. The van der Waals surface area contributed by atoms with Crippen LogP contribution in [0, 0.1) is 0 Å². The van der Waals surface area contributed by atoms with E-state index in [1.54, 1.807) is 0 Å². The Morgan fingerprint density at radius 3 is 1.48 bits per heavy atom. The molecule has 0 radical (unpaired) electrons. The van der Waals surface area contributed by atoms with Crippen LogP contribution in [-0.2, 0) is 4.74 Å². The third-order valence-electron chi connectivity index (χ3n) is 3.24. The van der Waals surface area contributed by atoms with Crippen molar-refractivity contribution in [1.29, 1.82) is 0 Å². The maximum absolute atomic E-state index is 9.81. The molecule has 0 aromatic rings. The van der Waals surface area contributed by atoms with Crippen molar-refractivity contribution in [1.82, 2.24) is 0 Å². The Labute approximate surface area is 120 Å². The van der Waals surface area contributed by atoms with Gasteiger partial charge in [0, 0.05) is 0 Å². The molecule has 2 aliphatic rings. The molecule has 0 fully saturated rings. The fourth-order valence-electron chi connectivity index (χ4n) is 1.83. The summed E-state index contributed by atoms with van der Waals surface area (Å²) < 4.78 is 5.23. The minimum atomic E-state index is -1.64. The smallest absolute Gasteiger partial charge is 0.167 e. The van der Waals surface area contributed by atoms with Crippen LogP contribution in [0.3, 0.4) is 0 Å². The molecule has 0 bridgehead atoms. The van der Waals surface area contributed by atoms with E-state index in [9.17, 15) is 20.4 Å². The highest BCUT2D eigenvalue weighted by Gasteiger charge is 2.38. The van der Waals surface area contributed by atoms with Crippen LogP contribution in [0.4, 0.5) is 0 Å².